The van der Waals surface area contributed by atoms with Gasteiger partial charge in [0.15, 0.2) is 0 Å². The molecule has 0 aromatic heterocycles. The van der Waals surface area contributed by atoms with Gasteiger partial charge in [-0.1, -0.05) is 97.9 Å². The zero-order valence-electron chi connectivity index (χ0n) is 18.5. The van der Waals surface area contributed by atoms with E-state index in [0.717, 1.165) is 23.1 Å². The van der Waals surface area contributed by atoms with Gasteiger partial charge in [-0.3, -0.25) is 4.79 Å². The van der Waals surface area contributed by atoms with Crippen molar-refractivity contribution in [3.8, 4) is 0 Å². The van der Waals surface area contributed by atoms with Crippen LogP contribution in [0.15, 0.2) is 91.0 Å². The fraction of sp³-hybridized carbons (Fsp3) is 0.321. The van der Waals surface area contributed by atoms with Gasteiger partial charge in [0, 0.05) is 0 Å². The van der Waals surface area contributed by atoms with Crippen molar-refractivity contribution in [3.05, 3.63) is 108 Å². The standard InChI is InChI=1S/C28H29NO3/c1-3-23-26(32-23)28(25(30)22-17-11-6-12-18-22)24(21-15-9-5-10-16-21)29(27(28)31)19(2)20-13-7-4-8-14-20/h4-19,23-26,30H,3H2,1-2H3/t19-,23+,24+,25-,26-,28-/m0/s1. The first-order valence-corrected chi connectivity index (χ1v) is 11.4. The summed E-state index contributed by atoms with van der Waals surface area (Å²) in [6.45, 7) is 4.13. The number of β-lactam (4-membered cyclic amide) rings is 1. The molecule has 3 aromatic carbocycles. The summed E-state index contributed by atoms with van der Waals surface area (Å²) in [6.07, 6.45) is -0.462. The van der Waals surface area contributed by atoms with Gasteiger partial charge in [-0.25, -0.2) is 0 Å². The van der Waals surface area contributed by atoms with Crippen molar-refractivity contribution in [1.82, 2.24) is 4.90 Å². The molecule has 4 heteroatoms. The number of rotatable bonds is 7. The highest BCUT2D eigenvalue weighted by molar-refractivity contribution is 5.93. The summed E-state index contributed by atoms with van der Waals surface area (Å²) < 4.78 is 6.06. The highest BCUT2D eigenvalue weighted by Crippen LogP contribution is 2.65. The van der Waals surface area contributed by atoms with Gasteiger partial charge in [0.05, 0.1) is 24.3 Å². The summed E-state index contributed by atoms with van der Waals surface area (Å²) in [5.41, 5.74) is 1.80. The van der Waals surface area contributed by atoms with Crippen molar-refractivity contribution in [2.75, 3.05) is 0 Å². The van der Waals surface area contributed by atoms with Crippen LogP contribution in [0, 0.1) is 5.41 Å². The molecule has 2 aliphatic heterocycles. The number of carbonyl (C=O) groups is 1. The summed E-state index contributed by atoms with van der Waals surface area (Å²) in [7, 11) is 0. The normalized spacial score (nSPS) is 28.7. The fourth-order valence-electron chi connectivity index (χ4n) is 5.47. The zero-order chi connectivity index (χ0) is 22.3. The average Bonchev–Trinajstić information content (AvgIpc) is 3.64. The van der Waals surface area contributed by atoms with Crippen LogP contribution in [-0.2, 0) is 9.53 Å². The number of nitrogens with zero attached hydrogens (tertiary/aromatic N) is 1. The summed E-state index contributed by atoms with van der Waals surface area (Å²) in [5, 5.41) is 11.8. The Labute approximate surface area is 189 Å². The monoisotopic (exact) mass is 427 g/mol. The quantitative estimate of drug-likeness (QED) is 0.415. The van der Waals surface area contributed by atoms with Gasteiger partial charge in [0.25, 0.3) is 0 Å². The third-order valence-corrected chi connectivity index (χ3v) is 7.17. The van der Waals surface area contributed by atoms with E-state index >= 15 is 0 Å². The van der Waals surface area contributed by atoms with Crippen LogP contribution in [-0.4, -0.2) is 28.1 Å². The summed E-state index contributed by atoms with van der Waals surface area (Å²) in [5.74, 6) is -0.0417. The topological polar surface area (TPSA) is 53.1 Å². The average molecular weight is 428 g/mol. The van der Waals surface area contributed by atoms with Gasteiger partial charge in [-0.15, -0.1) is 0 Å². The third kappa shape index (κ3) is 3.09. The SMILES string of the molecule is CC[C@H]1O[C@@H]1[C@]1([C@@H](O)c2ccccc2)C(=O)N([C@@H](C)c2ccccc2)[C@@H]1c1ccccc1. The first-order valence-electron chi connectivity index (χ1n) is 11.4. The molecular formula is C28H29NO3. The van der Waals surface area contributed by atoms with Crippen LogP contribution in [0.2, 0.25) is 0 Å². The molecule has 0 bridgehead atoms. The van der Waals surface area contributed by atoms with Crippen molar-refractivity contribution >= 4 is 5.91 Å². The highest BCUT2D eigenvalue weighted by Gasteiger charge is 2.75. The molecular weight excluding hydrogens is 398 g/mol. The predicted octanol–water partition coefficient (Wildman–Crippen LogP) is 5.23. The number of epoxide rings is 1. The minimum atomic E-state index is -1.05. The first kappa shape index (κ1) is 20.9. The molecule has 6 atom stereocenters. The third-order valence-electron chi connectivity index (χ3n) is 7.17. The summed E-state index contributed by atoms with van der Waals surface area (Å²) in [4.78, 5) is 16.1. The lowest BCUT2D eigenvalue weighted by Crippen LogP contribution is -2.68. The number of ether oxygens (including phenoxy) is 1. The smallest absolute Gasteiger partial charge is 0.238 e. The molecule has 3 aromatic rings. The molecule has 0 radical (unpaired) electrons. The van der Waals surface area contributed by atoms with Crippen molar-refractivity contribution < 1.29 is 14.6 Å². The number of aliphatic hydroxyl groups excluding tert-OH is 1. The Bertz CT molecular complexity index is 1070. The number of aliphatic hydroxyl groups is 1. The lowest BCUT2D eigenvalue weighted by atomic mass is 9.59. The predicted molar refractivity (Wildman–Crippen MR) is 124 cm³/mol. The van der Waals surface area contributed by atoms with Crippen LogP contribution in [0.5, 0.6) is 0 Å². The van der Waals surface area contributed by atoms with Crippen LogP contribution >= 0.6 is 0 Å². The van der Waals surface area contributed by atoms with E-state index in [0.29, 0.717) is 0 Å². The molecule has 2 saturated heterocycles. The van der Waals surface area contributed by atoms with Crippen molar-refractivity contribution in [2.24, 2.45) is 5.41 Å². The first-order chi connectivity index (χ1) is 15.6. The number of hydrogen-bond acceptors (Lipinski definition) is 3. The van der Waals surface area contributed by atoms with Crippen molar-refractivity contribution in [3.63, 3.8) is 0 Å². The van der Waals surface area contributed by atoms with Crippen LogP contribution in [0.4, 0.5) is 0 Å². The Morgan fingerprint density at radius 2 is 1.44 bits per heavy atom. The van der Waals surface area contributed by atoms with E-state index in [1.54, 1.807) is 0 Å². The molecule has 2 fully saturated rings. The molecule has 0 aliphatic carbocycles. The van der Waals surface area contributed by atoms with E-state index in [1.165, 1.54) is 0 Å². The summed E-state index contributed by atoms with van der Waals surface area (Å²) in [6, 6.07) is 29.3. The Kier molecular flexibility index (Phi) is 5.36. The minimum Gasteiger partial charge on any atom is -0.387 e. The molecule has 1 amide bonds. The lowest BCUT2D eigenvalue weighted by Gasteiger charge is -2.60. The minimum absolute atomic E-state index is 0.0160. The Balaban J connectivity index is 1.64. The maximum Gasteiger partial charge on any atom is 0.238 e. The lowest BCUT2D eigenvalue weighted by molar-refractivity contribution is -0.201. The van der Waals surface area contributed by atoms with Gasteiger partial charge in [-0.2, -0.15) is 0 Å². The van der Waals surface area contributed by atoms with Gasteiger partial charge in [-0.05, 0) is 30.0 Å². The van der Waals surface area contributed by atoms with Crippen LogP contribution < -0.4 is 0 Å². The highest BCUT2D eigenvalue weighted by atomic mass is 16.6. The molecule has 0 saturated carbocycles. The number of likely N-dealkylation sites (tertiary alicyclic amines) is 1. The Morgan fingerprint density at radius 1 is 0.906 bits per heavy atom. The molecule has 5 rings (SSSR count). The van der Waals surface area contributed by atoms with Crippen LogP contribution in [0.3, 0.4) is 0 Å². The number of carbonyl (C=O) groups excluding carboxylic acids is 1. The number of hydrogen-bond donors (Lipinski definition) is 1. The Morgan fingerprint density at radius 3 is 1.97 bits per heavy atom. The maximum absolute atomic E-state index is 14.1. The zero-order valence-corrected chi connectivity index (χ0v) is 18.5. The second-order valence-corrected chi connectivity index (χ2v) is 8.86. The molecule has 1 N–H and O–H groups in total. The summed E-state index contributed by atoms with van der Waals surface area (Å²) >= 11 is 0. The largest absolute Gasteiger partial charge is 0.387 e. The van der Waals surface area contributed by atoms with E-state index in [2.05, 4.69) is 38.1 Å². The van der Waals surface area contributed by atoms with Gasteiger partial charge in [0.1, 0.15) is 11.5 Å². The molecule has 0 spiro atoms. The van der Waals surface area contributed by atoms with E-state index < -0.39 is 11.5 Å². The fourth-order valence-corrected chi connectivity index (χ4v) is 5.47. The number of benzene rings is 3. The molecule has 0 unspecified atom stereocenters. The van der Waals surface area contributed by atoms with Crippen molar-refractivity contribution in [2.45, 2.75) is 50.7 Å². The van der Waals surface area contributed by atoms with E-state index in [9.17, 15) is 9.90 Å². The second kappa shape index (κ2) is 8.19. The van der Waals surface area contributed by atoms with Crippen LogP contribution in [0.1, 0.15) is 55.1 Å². The van der Waals surface area contributed by atoms with Gasteiger partial charge >= 0.3 is 0 Å². The molecule has 164 valence electrons. The van der Waals surface area contributed by atoms with Gasteiger partial charge in [0.2, 0.25) is 5.91 Å². The van der Waals surface area contributed by atoms with E-state index in [1.807, 2.05) is 71.6 Å². The Hall–Kier alpha value is -2.95. The maximum atomic E-state index is 14.1. The molecule has 2 heterocycles. The van der Waals surface area contributed by atoms with Crippen LogP contribution in [0.25, 0.3) is 0 Å². The molecule has 32 heavy (non-hydrogen) atoms. The van der Waals surface area contributed by atoms with Crippen molar-refractivity contribution in [1.29, 1.82) is 0 Å². The molecule has 4 nitrogen and oxygen atoms in total. The van der Waals surface area contributed by atoms with E-state index in [4.69, 9.17) is 4.74 Å². The van der Waals surface area contributed by atoms with Gasteiger partial charge < -0.3 is 14.7 Å². The molecule has 2 aliphatic rings. The van der Waals surface area contributed by atoms with E-state index in [-0.39, 0.29) is 30.2 Å². The number of amides is 1. The second-order valence-electron chi connectivity index (χ2n) is 8.86.